The first-order chi connectivity index (χ1) is 7.29. The van der Waals surface area contributed by atoms with E-state index < -0.39 is 0 Å². The molecule has 2 nitrogen and oxygen atoms in total. The van der Waals surface area contributed by atoms with E-state index in [1.54, 1.807) is 0 Å². The van der Waals surface area contributed by atoms with Crippen LogP contribution in [-0.4, -0.2) is 11.8 Å². The highest BCUT2D eigenvalue weighted by molar-refractivity contribution is 7.99. The summed E-state index contributed by atoms with van der Waals surface area (Å²) in [6, 6.07) is 8.15. The first kappa shape index (κ1) is 10.5. The van der Waals surface area contributed by atoms with E-state index in [2.05, 4.69) is 24.3 Å². The summed E-state index contributed by atoms with van der Waals surface area (Å²) < 4.78 is 0. The molecule has 1 atom stereocenters. The van der Waals surface area contributed by atoms with Gasteiger partial charge in [0.15, 0.2) is 0 Å². The van der Waals surface area contributed by atoms with Gasteiger partial charge in [-0.15, -0.1) is 11.8 Å². The fraction of sp³-hybridized carbons (Fsp3) is 0.417. The van der Waals surface area contributed by atoms with E-state index >= 15 is 0 Å². The summed E-state index contributed by atoms with van der Waals surface area (Å²) in [5.41, 5.74) is 8.23. The van der Waals surface area contributed by atoms with Crippen LogP contribution in [0.5, 0.6) is 0 Å². The van der Waals surface area contributed by atoms with Crippen LogP contribution in [0.3, 0.4) is 0 Å². The van der Waals surface area contributed by atoms with Crippen LogP contribution >= 0.6 is 11.8 Å². The summed E-state index contributed by atoms with van der Waals surface area (Å²) in [7, 11) is 0. The minimum atomic E-state index is -0.376. The summed E-state index contributed by atoms with van der Waals surface area (Å²) in [5.74, 6) is 1.23. The fourth-order valence-electron chi connectivity index (χ4n) is 1.84. The highest BCUT2D eigenvalue weighted by Gasteiger charge is 2.11. The molecule has 0 aliphatic carbocycles. The number of nitriles is 1. The van der Waals surface area contributed by atoms with Gasteiger partial charge in [-0.2, -0.15) is 5.26 Å². The Bertz CT molecular complexity index is 395. The molecular weight excluding hydrogens is 204 g/mol. The van der Waals surface area contributed by atoms with Gasteiger partial charge in [-0.05, 0) is 35.8 Å². The van der Waals surface area contributed by atoms with E-state index in [-0.39, 0.29) is 6.04 Å². The number of hydrogen-bond acceptors (Lipinski definition) is 3. The number of thioether (sulfide) groups is 1. The molecule has 0 saturated heterocycles. The van der Waals surface area contributed by atoms with Gasteiger partial charge in [0.2, 0.25) is 0 Å². The molecule has 15 heavy (non-hydrogen) atoms. The van der Waals surface area contributed by atoms with Crippen molar-refractivity contribution in [1.29, 1.82) is 5.26 Å². The van der Waals surface area contributed by atoms with Crippen LogP contribution in [0.25, 0.3) is 0 Å². The lowest BCUT2D eigenvalue weighted by Crippen LogP contribution is -2.20. The standard InChI is InChI=1S/C12H14N2S/c13-8-11(14)7-9-3-4-12-10(6-9)2-1-5-15-12/h3-4,6,11H,1-2,5,7,14H2. The molecule has 1 aliphatic rings. The van der Waals surface area contributed by atoms with Crippen molar-refractivity contribution in [2.24, 2.45) is 5.73 Å². The maximum atomic E-state index is 8.66. The summed E-state index contributed by atoms with van der Waals surface area (Å²) in [5, 5.41) is 8.66. The van der Waals surface area contributed by atoms with Gasteiger partial charge < -0.3 is 5.73 Å². The number of aryl methyl sites for hydroxylation is 1. The number of nitrogens with two attached hydrogens (primary N) is 1. The predicted octanol–water partition coefficient (Wildman–Crippen LogP) is 2.12. The van der Waals surface area contributed by atoms with Crippen molar-refractivity contribution in [2.75, 3.05) is 5.75 Å². The van der Waals surface area contributed by atoms with Gasteiger partial charge in [0.25, 0.3) is 0 Å². The number of rotatable bonds is 2. The Morgan fingerprint density at radius 1 is 1.53 bits per heavy atom. The zero-order valence-corrected chi connectivity index (χ0v) is 9.39. The van der Waals surface area contributed by atoms with Crippen molar-refractivity contribution in [1.82, 2.24) is 0 Å². The molecule has 0 fully saturated rings. The van der Waals surface area contributed by atoms with Crippen molar-refractivity contribution in [3.63, 3.8) is 0 Å². The molecule has 0 saturated carbocycles. The minimum absolute atomic E-state index is 0.376. The third-order valence-electron chi connectivity index (χ3n) is 2.59. The fourth-order valence-corrected chi connectivity index (χ4v) is 2.86. The van der Waals surface area contributed by atoms with Crippen molar-refractivity contribution in [2.45, 2.75) is 30.2 Å². The number of fused-ring (bicyclic) bond motifs is 1. The van der Waals surface area contributed by atoms with Crippen LogP contribution in [0, 0.1) is 11.3 Å². The van der Waals surface area contributed by atoms with Gasteiger partial charge >= 0.3 is 0 Å². The number of nitrogens with zero attached hydrogens (tertiary/aromatic N) is 1. The van der Waals surface area contributed by atoms with E-state index in [1.807, 2.05) is 11.8 Å². The van der Waals surface area contributed by atoms with Crippen LogP contribution in [0.4, 0.5) is 0 Å². The van der Waals surface area contributed by atoms with E-state index in [0.29, 0.717) is 6.42 Å². The summed E-state index contributed by atoms with van der Waals surface area (Å²) in [4.78, 5) is 1.40. The Morgan fingerprint density at radius 2 is 2.40 bits per heavy atom. The summed E-state index contributed by atoms with van der Waals surface area (Å²) >= 11 is 1.93. The van der Waals surface area contributed by atoms with E-state index in [1.165, 1.54) is 28.2 Å². The van der Waals surface area contributed by atoms with E-state index in [4.69, 9.17) is 11.0 Å². The second kappa shape index (κ2) is 4.69. The lowest BCUT2D eigenvalue weighted by atomic mass is 10.0. The third kappa shape index (κ3) is 2.53. The molecule has 1 aromatic rings. The SMILES string of the molecule is N#CC(N)Cc1ccc2c(c1)CCCS2. The zero-order valence-electron chi connectivity index (χ0n) is 8.57. The molecule has 0 spiro atoms. The van der Waals surface area contributed by atoms with Crippen LogP contribution in [0.15, 0.2) is 23.1 Å². The normalized spacial score (nSPS) is 16.5. The lowest BCUT2D eigenvalue weighted by Gasteiger charge is -2.16. The van der Waals surface area contributed by atoms with Crippen molar-refractivity contribution in [3.05, 3.63) is 29.3 Å². The highest BCUT2D eigenvalue weighted by atomic mass is 32.2. The Labute approximate surface area is 94.5 Å². The van der Waals surface area contributed by atoms with E-state index in [0.717, 1.165) is 6.42 Å². The molecule has 1 aliphatic heterocycles. The topological polar surface area (TPSA) is 49.8 Å². The van der Waals surface area contributed by atoms with Gasteiger partial charge in [-0.1, -0.05) is 12.1 Å². The highest BCUT2D eigenvalue weighted by Crippen LogP contribution is 2.30. The number of benzene rings is 1. The molecule has 0 radical (unpaired) electrons. The average Bonchev–Trinajstić information content (AvgIpc) is 2.29. The zero-order chi connectivity index (χ0) is 10.7. The smallest absolute Gasteiger partial charge is 0.0968 e. The Kier molecular flexibility index (Phi) is 3.30. The predicted molar refractivity (Wildman–Crippen MR) is 62.8 cm³/mol. The second-order valence-corrected chi connectivity index (χ2v) is 4.97. The minimum Gasteiger partial charge on any atom is -0.316 e. The lowest BCUT2D eigenvalue weighted by molar-refractivity contribution is 0.814. The number of hydrogen-bond donors (Lipinski definition) is 1. The van der Waals surface area contributed by atoms with Gasteiger partial charge in [-0.25, -0.2) is 0 Å². The average molecular weight is 218 g/mol. The second-order valence-electron chi connectivity index (χ2n) is 3.83. The summed E-state index contributed by atoms with van der Waals surface area (Å²) in [6.45, 7) is 0. The first-order valence-electron chi connectivity index (χ1n) is 5.19. The van der Waals surface area contributed by atoms with Crippen molar-refractivity contribution >= 4 is 11.8 Å². The molecule has 1 heterocycles. The van der Waals surface area contributed by atoms with Gasteiger partial charge in [-0.3, -0.25) is 0 Å². The van der Waals surface area contributed by atoms with Crippen LogP contribution in [-0.2, 0) is 12.8 Å². The van der Waals surface area contributed by atoms with Crippen molar-refractivity contribution < 1.29 is 0 Å². The quantitative estimate of drug-likeness (QED) is 0.827. The Morgan fingerprint density at radius 3 is 3.20 bits per heavy atom. The van der Waals surface area contributed by atoms with Gasteiger partial charge in [0.1, 0.15) is 0 Å². The Hall–Kier alpha value is -0.980. The molecule has 0 amide bonds. The third-order valence-corrected chi connectivity index (χ3v) is 3.80. The molecule has 2 rings (SSSR count). The summed E-state index contributed by atoms with van der Waals surface area (Å²) in [6.07, 6.45) is 3.08. The molecule has 1 aromatic carbocycles. The van der Waals surface area contributed by atoms with Gasteiger partial charge in [0, 0.05) is 11.3 Å². The molecule has 3 heteroatoms. The first-order valence-corrected chi connectivity index (χ1v) is 6.18. The largest absolute Gasteiger partial charge is 0.316 e. The van der Waals surface area contributed by atoms with Crippen molar-refractivity contribution in [3.8, 4) is 6.07 Å². The van der Waals surface area contributed by atoms with Crippen LogP contribution in [0.2, 0.25) is 0 Å². The Balaban J connectivity index is 2.18. The monoisotopic (exact) mass is 218 g/mol. The molecule has 78 valence electrons. The van der Waals surface area contributed by atoms with Crippen LogP contribution < -0.4 is 5.73 Å². The molecule has 0 aromatic heterocycles. The van der Waals surface area contributed by atoms with E-state index in [9.17, 15) is 0 Å². The molecule has 2 N–H and O–H groups in total. The molecule has 0 bridgehead atoms. The maximum Gasteiger partial charge on any atom is 0.0968 e. The van der Waals surface area contributed by atoms with Gasteiger partial charge in [0.05, 0.1) is 12.1 Å². The molecule has 1 unspecified atom stereocenters. The maximum absolute atomic E-state index is 8.66. The van der Waals surface area contributed by atoms with Crippen LogP contribution in [0.1, 0.15) is 17.5 Å². The molecular formula is C12H14N2S.